The van der Waals surface area contributed by atoms with Gasteiger partial charge in [-0.3, -0.25) is 9.59 Å². The summed E-state index contributed by atoms with van der Waals surface area (Å²) in [6.45, 7) is 3.94. The maximum absolute atomic E-state index is 11.9. The first kappa shape index (κ1) is 15.7. The van der Waals surface area contributed by atoms with Crippen molar-refractivity contribution >= 4 is 33.4 Å². The lowest BCUT2D eigenvalue weighted by molar-refractivity contribution is -0.133. The second-order valence-corrected chi connectivity index (χ2v) is 5.42. The van der Waals surface area contributed by atoms with Crippen LogP contribution in [-0.4, -0.2) is 30.3 Å². The minimum Gasteiger partial charge on any atom is -0.336 e. The van der Waals surface area contributed by atoms with Crippen molar-refractivity contribution in [2.75, 3.05) is 18.9 Å². The fourth-order valence-corrected chi connectivity index (χ4v) is 2.14. The average Bonchev–Trinajstić information content (AvgIpc) is 2.33. The lowest BCUT2D eigenvalue weighted by Crippen LogP contribution is -2.34. The average molecular weight is 327 g/mol. The highest BCUT2D eigenvalue weighted by Gasteiger charge is 2.12. The first-order valence-corrected chi connectivity index (χ1v) is 7.03. The van der Waals surface area contributed by atoms with E-state index < -0.39 is 0 Å². The van der Waals surface area contributed by atoms with Gasteiger partial charge in [0.1, 0.15) is 0 Å². The Morgan fingerprint density at radius 1 is 1.37 bits per heavy atom. The zero-order valence-corrected chi connectivity index (χ0v) is 13.1. The van der Waals surface area contributed by atoms with Crippen molar-refractivity contribution in [1.82, 2.24) is 4.90 Å². The molecule has 0 aliphatic heterocycles. The highest BCUT2D eigenvalue weighted by atomic mass is 79.9. The molecule has 0 heterocycles. The number of rotatable bonds is 5. The van der Waals surface area contributed by atoms with Crippen LogP contribution in [0.1, 0.15) is 25.3 Å². The molecule has 0 atom stereocenters. The number of likely N-dealkylation sites (N-methyl/N-ethyl adjacent to an activating group) is 1. The maximum atomic E-state index is 11.9. The summed E-state index contributed by atoms with van der Waals surface area (Å²) in [5.41, 5.74) is 1.75. The molecule has 0 saturated carbocycles. The summed E-state index contributed by atoms with van der Waals surface area (Å²) >= 11 is 3.37. The van der Waals surface area contributed by atoms with Crippen LogP contribution in [0, 0.1) is 6.92 Å². The highest BCUT2D eigenvalue weighted by molar-refractivity contribution is 9.10. The first-order chi connectivity index (χ1) is 8.93. The van der Waals surface area contributed by atoms with Gasteiger partial charge >= 0.3 is 0 Å². The summed E-state index contributed by atoms with van der Waals surface area (Å²) in [6, 6.07) is 5.64. The van der Waals surface area contributed by atoms with Crippen LogP contribution < -0.4 is 5.32 Å². The molecule has 1 rings (SSSR count). The van der Waals surface area contributed by atoms with Gasteiger partial charge in [-0.05, 0) is 37.1 Å². The summed E-state index contributed by atoms with van der Waals surface area (Å²) in [5, 5.41) is 2.81. The Bertz CT molecular complexity index is 475. The lowest BCUT2D eigenvalue weighted by Gasteiger charge is -2.17. The second kappa shape index (κ2) is 7.28. The fourth-order valence-electron chi connectivity index (χ4n) is 1.67. The van der Waals surface area contributed by atoms with Crippen LogP contribution in [0.15, 0.2) is 22.7 Å². The van der Waals surface area contributed by atoms with Gasteiger partial charge < -0.3 is 10.2 Å². The van der Waals surface area contributed by atoms with Crippen LogP contribution in [0.5, 0.6) is 0 Å². The monoisotopic (exact) mass is 326 g/mol. The van der Waals surface area contributed by atoms with E-state index in [0.29, 0.717) is 6.42 Å². The van der Waals surface area contributed by atoms with Crippen molar-refractivity contribution in [3.05, 3.63) is 28.2 Å². The highest BCUT2D eigenvalue weighted by Crippen LogP contribution is 2.19. The molecule has 0 saturated heterocycles. The molecule has 0 bridgehead atoms. The van der Waals surface area contributed by atoms with Crippen molar-refractivity contribution in [1.29, 1.82) is 0 Å². The molecule has 0 fully saturated rings. The van der Waals surface area contributed by atoms with Gasteiger partial charge in [0.15, 0.2) is 0 Å². The van der Waals surface area contributed by atoms with E-state index in [1.54, 1.807) is 7.05 Å². The molecule has 0 unspecified atom stereocenters. The zero-order chi connectivity index (χ0) is 14.4. The van der Waals surface area contributed by atoms with Crippen LogP contribution in [-0.2, 0) is 9.59 Å². The fraction of sp³-hybridized carbons (Fsp3) is 0.429. The van der Waals surface area contributed by atoms with E-state index in [1.165, 1.54) is 4.90 Å². The third kappa shape index (κ3) is 5.03. The van der Waals surface area contributed by atoms with E-state index in [1.807, 2.05) is 32.0 Å². The Morgan fingerprint density at radius 3 is 2.63 bits per heavy atom. The Hall–Kier alpha value is -1.36. The first-order valence-electron chi connectivity index (χ1n) is 6.24. The van der Waals surface area contributed by atoms with E-state index in [4.69, 9.17) is 0 Å². The lowest BCUT2D eigenvalue weighted by atomic mass is 10.2. The van der Waals surface area contributed by atoms with Gasteiger partial charge in [0, 0.05) is 23.6 Å². The summed E-state index contributed by atoms with van der Waals surface area (Å²) in [5.74, 6) is -0.192. The number of nitrogens with one attached hydrogen (secondary N) is 1. The summed E-state index contributed by atoms with van der Waals surface area (Å²) < 4.78 is 0.971. The molecule has 2 amide bonds. The molecule has 0 spiro atoms. The predicted octanol–water partition coefficient (Wildman–Crippen LogP) is 2.95. The molecule has 1 N–H and O–H groups in total. The quantitative estimate of drug-likeness (QED) is 0.904. The van der Waals surface area contributed by atoms with Crippen molar-refractivity contribution in [3.63, 3.8) is 0 Å². The van der Waals surface area contributed by atoms with E-state index in [0.717, 1.165) is 22.1 Å². The van der Waals surface area contributed by atoms with E-state index in [9.17, 15) is 9.59 Å². The minimum absolute atomic E-state index is 0.00909. The molecule has 0 aromatic heterocycles. The predicted molar refractivity (Wildman–Crippen MR) is 80.1 cm³/mol. The molecule has 1 aromatic rings. The van der Waals surface area contributed by atoms with Crippen LogP contribution in [0.25, 0.3) is 0 Å². The van der Waals surface area contributed by atoms with Gasteiger partial charge in [-0.1, -0.05) is 22.9 Å². The van der Waals surface area contributed by atoms with E-state index >= 15 is 0 Å². The number of carbonyl (C=O) groups excluding carboxylic acids is 2. The normalized spacial score (nSPS) is 10.1. The number of anilines is 1. The molecule has 104 valence electrons. The maximum Gasteiger partial charge on any atom is 0.243 e. The molecule has 4 nitrogen and oxygen atoms in total. The number of aryl methyl sites for hydroxylation is 1. The van der Waals surface area contributed by atoms with Crippen LogP contribution in [0.3, 0.4) is 0 Å². The molecule has 19 heavy (non-hydrogen) atoms. The van der Waals surface area contributed by atoms with Gasteiger partial charge in [0.2, 0.25) is 11.8 Å². The molecule has 0 aliphatic carbocycles. The minimum atomic E-state index is -0.183. The molecule has 0 radical (unpaired) electrons. The van der Waals surface area contributed by atoms with Crippen molar-refractivity contribution < 1.29 is 9.59 Å². The number of halogens is 1. The SMILES string of the molecule is CCCC(=O)N(C)CC(=O)Nc1ccc(Br)cc1C. The van der Waals surface area contributed by atoms with Crippen LogP contribution in [0.2, 0.25) is 0 Å². The number of nitrogens with zero attached hydrogens (tertiary/aromatic N) is 1. The molecule has 1 aromatic carbocycles. The number of hydrogen-bond acceptors (Lipinski definition) is 2. The van der Waals surface area contributed by atoms with Gasteiger partial charge in [-0.25, -0.2) is 0 Å². The molecular weight excluding hydrogens is 308 g/mol. The molecular formula is C14H19BrN2O2. The van der Waals surface area contributed by atoms with Crippen LogP contribution >= 0.6 is 15.9 Å². The second-order valence-electron chi connectivity index (χ2n) is 4.51. The van der Waals surface area contributed by atoms with Gasteiger partial charge in [0.25, 0.3) is 0 Å². The van der Waals surface area contributed by atoms with Crippen LogP contribution in [0.4, 0.5) is 5.69 Å². The Labute approximate surface area is 122 Å². The summed E-state index contributed by atoms with van der Waals surface area (Å²) in [4.78, 5) is 24.9. The number of amides is 2. The Morgan fingerprint density at radius 2 is 2.05 bits per heavy atom. The third-order valence-electron chi connectivity index (χ3n) is 2.73. The molecule has 0 aliphatic rings. The Balaban J connectivity index is 2.58. The van der Waals surface area contributed by atoms with Crippen molar-refractivity contribution in [3.8, 4) is 0 Å². The Kier molecular flexibility index (Phi) is 6.02. The van der Waals surface area contributed by atoms with E-state index in [-0.39, 0.29) is 18.4 Å². The van der Waals surface area contributed by atoms with Crippen molar-refractivity contribution in [2.45, 2.75) is 26.7 Å². The number of benzene rings is 1. The standard InChI is InChI=1S/C14H19BrN2O2/c1-4-5-14(19)17(3)9-13(18)16-12-7-6-11(15)8-10(12)2/h6-8H,4-5,9H2,1-3H3,(H,16,18). The summed E-state index contributed by atoms with van der Waals surface area (Å²) in [7, 11) is 1.64. The van der Waals surface area contributed by atoms with E-state index in [2.05, 4.69) is 21.2 Å². The number of carbonyl (C=O) groups is 2. The van der Waals surface area contributed by atoms with Crippen molar-refractivity contribution in [2.24, 2.45) is 0 Å². The summed E-state index contributed by atoms with van der Waals surface area (Å²) in [6.07, 6.45) is 1.26. The van der Waals surface area contributed by atoms with Gasteiger partial charge in [-0.2, -0.15) is 0 Å². The smallest absolute Gasteiger partial charge is 0.243 e. The molecule has 5 heteroatoms. The van der Waals surface area contributed by atoms with Gasteiger partial charge in [0.05, 0.1) is 6.54 Å². The zero-order valence-electron chi connectivity index (χ0n) is 11.5. The number of hydrogen-bond donors (Lipinski definition) is 1. The largest absolute Gasteiger partial charge is 0.336 e. The topological polar surface area (TPSA) is 49.4 Å². The third-order valence-corrected chi connectivity index (χ3v) is 3.23. The van der Waals surface area contributed by atoms with Gasteiger partial charge in [-0.15, -0.1) is 0 Å².